The van der Waals surface area contributed by atoms with E-state index in [-0.39, 0.29) is 12.6 Å². The second-order valence-electron chi connectivity index (χ2n) is 3.82. The molecule has 2 N–H and O–H groups in total. The van der Waals surface area contributed by atoms with Crippen LogP contribution in [0.1, 0.15) is 25.0 Å². The molecule has 0 amide bonds. The summed E-state index contributed by atoms with van der Waals surface area (Å²) in [5.41, 5.74) is 0. The smallest absolute Gasteiger partial charge is 0.147 e. The number of aliphatic hydroxyl groups excluding tert-OH is 1. The predicted molar refractivity (Wildman–Crippen MR) is 58.7 cm³/mol. The number of rotatable bonds is 6. The Morgan fingerprint density at radius 2 is 2.20 bits per heavy atom. The van der Waals surface area contributed by atoms with Crippen molar-refractivity contribution < 1.29 is 5.11 Å². The Kier molecular flexibility index (Phi) is 4.71. The van der Waals surface area contributed by atoms with E-state index in [4.69, 9.17) is 5.11 Å². The van der Waals surface area contributed by atoms with Crippen LogP contribution in [0.4, 0.5) is 0 Å². The highest BCUT2D eigenvalue weighted by Crippen LogP contribution is 1.97. The SMILES string of the molecule is Cc1nc(C)n(CCCN[C@H](C)CO)n1. The van der Waals surface area contributed by atoms with Crippen molar-refractivity contribution in [3.8, 4) is 0 Å². The molecule has 0 saturated heterocycles. The highest BCUT2D eigenvalue weighted by Gasteiger charge is 2.02. The standard InChI is InChI=1S/C10H20N4O/c1-8(7-15)11-5-4-6-14-10(3)12-9(2)13-14/h8,11,15H,4-7H2,1-3H3/t8-/m1/s1. The van der Waals surface area contributed by atoms with Gasteiger partial charge in [0.25, 0.3) is 0 Å². The van der Waals surface area contributed by atoms with E-state index in [1.807, 2.05) is 25.5 Å². The van der Waals surface area contributed by atoms with Crippen LogP contribution in [0.15, 0.2) is 0 Å². The number of hydrogen-bond donors (Lipinski definition) is 2. The molecule has 0 aromatic carbocycles. The van der Waals surface area contributed by atoms with E-state index in [0.717, 1.165) is 31.2 Å². The molecule has 0 saturated carbocycles. The molecule has 0 aliphatic carbocycles. The van der Waals surface area contributed by atoms with E-state index in [1.165, 1.54) is 0 Å². The number of aromatic nitrogens is 3. The fourth-order valence-electron chi connectivity index (χ4n) is 1.41. The van der Waals surface area contributed by atoms with E-state index < -0.39 is 0 Å². The highest BCUT2D eigenvalue weighted by atomic mass is 16.3. The summed E-state index contributed by atoms with van der Waals surface area (Å²) in [6, 6.07) is 0.170. The fraction of sp³-hybridized carbons (Fsp3) is 0.800. The number of nitrogens with one attached hydrogen (secondary N) is 1. The summed E-state index contributed by atoms with van der Waals surface area (Å²) in [6.45, 7) is 7.77. The van der Waals surface area contributed by atoms with Crippen molar-refractivity contribution in [3.05, 3.63) is 11.6 Å². The van der Waals surface area contributed by atoms with Crippen molar-refractivity contribution in [3.63, 3.8) is 0 Å². The van der Waals surface area contributed by atoms with E-state index in [9.17, 15) is 0 Å². The van der Waals surface area contributed by atoms with Gasteiger partial charge in [0.15, 0.2) is 0 Å². The van der Waals surface area contributed by atoms with E-state index in [0.29, 0.717) is 0 Å². The van der Waals surface area contributed by atoms with Gasteiger partial charge in [0.2, 0.25) is 0 Å². The first-order valence-electron chi connectivity index (χ1n) is 5.35. The van der Waals surface area contributed by atoms with Gasteiger partial charge in [-0.25, -0.2) is 4.98 Å². The van der Waals surface area contributed by atoms with Crippen molar-refractivity contribution in [2.45, 2.75) is 39.8 Å². The van der Waals surface area contributed by atoms with Crippen LogP contribution in [0.2, 0.25) is 0 Å². The van der Waals surface area contributed by atoms with Gasteiger partial charge in [-0.3, -0.25) is 4.68 Å². The molecule has 15 heavy (non-hydrogen) atoms. The molecule has 0 bridgehead atoms. The van der Waals surface area contributed by atoms with Crippen molar-refractivity contribution in [2.24, 2.45) is 0 Å². The molecule has 1 aromatic heterocycles. The normalized spacial score (nSPS) is 13.1. The number of aliphatic hydroxyl groups is 1. The molecule has 1 heterocycles. The minimum atomic E-state index is 0.170. The molecular formula is C10H20N4O. The maximum atomic E-state index is 8.81. The van der Waals surface area contributed by atoms with Crippen LogP contribution in [0.25, 0.3) is 0 Å². The lowest BCUT2D eigenvalue weighted by atomic mass is 10.3. The van der Waals surface area contributed by atoms with Gasteiger partial charge in [-0.1, -0.05) is 0 Å². The molecule has 86 valence electrons. The minimum absolute atomic E-state index is 0.170. The van der Waals surface area contributed by atoms with Crippen LogP contribution in [0.3, 0.4) is 0 Å². The Morgan fingerprint density at radius 1 is 1.47 bits per heavy atom. The van der Waals surface area contributed by atoms with Gasteiger partial charge in [-0.2, -0.15) is 5.10 Å². The number of nitrogens with zero attached hydrogens (tertiary/aromatic N) is 3. The van der Waals surface area contributed by atoms with Crippen molar-refractivity contribution in [2.75, 3.05) is 13.2 Å². The van der Waals surface area contributed by atoms with Crippen LogP contribution >= 0.6 is 0 Å². The Labute approximate surface area is 90.5 Å². The summed E-state index contributed by atoms with van der Waals surface area (Å²) in [5, 5.41) is 16.3. The van der Waals surface area contributed by atoms with Gasteiger partial charge >= 0.3 is 0 Å². The maximum Gasteiger partial charge on any atom is 0.147 e. The first kappa shape index (κ1) is 12.1. The van der Waals surface area contributed by atoms with Crippen LogP contribution in [0, 0.1) is 13.8 Å². The molecule has 5 nitrogen and oxygen atoms in total. The molecule has 0 unspecified atom stereocenters. The predicted octanol–water partition coefficient (Wildman–Crippen LogP) is 0.255. The molecule has 1 atom stereocenters. The Hall–Kier alpha value is -0.940. The second-order valence-corrected chi connectivity index (χ2v) is 3.82. The quantitative estimate of drug-likeness (QED) is 0.664. The monoisotopic (exact) mass is 212 g/mol. The molecule has 0 fully saturated rings. The molecule has 5 heteroatoms. The minimum Gasteiger partial charge on any atom is -0.395 e. The molecule has 0 radical (unpaired) electrons. The van der Waals surface area contributed by atoms with Gasteiger partial charge in [-0.05, 0) is 33.7 Å². The van der Waals surface area contributed by atoms with Gasteiger partial charge in [-0.15, -0.1) is 0 Å². The van der Waals surface area contributed by atoms with Crippen LogP contribution in [-0.4, -0.2) is 39.1 Å². The van der Waals surface area contributed by atoms with Gasteiger partial charge < -0.3 is 10.4 Å². The van der Waals surface area contributed by atoms with Gasteiger partial charge in [0, 0.05) is 12.6 Å². The lowest BCUT2D eigenvalue weighted by molar-refractivity contribution is 0.251. The van der Waals surface area contributed by atoms with Crippen molar-refractivity contribution in [1.82, 2.24) is 20.1 Å². The summed E-state index contributed by atoms with van der Waals surface area (Å²) in [6.07, 6.45) is 0.994. The molecule has 1 rings (SSSR count). The zero-order valence-corrected chi connectivity index (χ0v) is 9.69. The third kappa shape index (κ3) is 3.97. The third-order valence-electron chi connectivity index (χ3n) is 2.28. The van der Waals surface area contributed by atoms with Gasteiger partial charge in [0.05, 0.1) is 6.61 Å². The first-order chi connectivity index (χ1) is 7.13. The zero-order chi connectivity index (χ0) is 11.3. The van der Waals surface area contributed by atoms with E-state index >= 15 is 0 Å². The van der Waals surface area contributed by atoms with E-state index in [2.05, 4.69) is 15.4 Å². The lowest BCUT2D eigenvalue weighted by Crippen LogP contribution is -2.30. The van der Waals surface area contributed by atoms with Crippen LogP contribution in [0.5, 0.6) is 0 Å². The summed E-state index contributed by atoms with van der Waals surface area (Å²) in [7, 11) is 0. The summed E-state index contributed by atoms with van der Waals surface area (Å²) in [5.74, 6) is 1.78. The second kappa shape index (κ2) is 5.82. The maximum absolute atomic E-state index is 8.81. The van der Waals surface area contributed by atoms with Crippen LogP contribution < -0.4 is 5.32 Å². The largest absolute Gasteiger partial charge is 0.395 e. The molecule has 0 aliphatic heterocycles. The van der Waals surface area contributed by atoms with Gasteiger partial charge in [0.1, 0.15) is 11.6 Å². The average molecular weight is 212 g/mol. The van der Waals surface area contributed by atoms with E-state index in [1.54, 1.807) is 0 Å². The Morgan fingerprint density at radius 3 is 2.73 bits per heavy atom. The Balaban J connectivity index is 2.23. The van der Waals surface area contributed by atoms with Crippen molar-refractivity contribution >= 4 is 0 Å². The van der Waals surface area contributed by atoms with Crippen molar-refractivity contribution in [1.29, 1.82) is 0 Å². The topological polar surface area (TPSA) is 63.0 Å². The van der Waals surface area contributed by atoms with Crippen LogP contribution in [-0.2, 0) is 6.54 Å². The average Bonchev–Trinajstić information content (AvgIpc) is 2.52. The molecule has 0 spiro atoms. The summed E-state index contributed by atoms with van der Waals surface area (Å²) < 4.78 is 1.92. The number of hydrogen-bond acceptors (Lipinski definition) is 4. The molecule has 0 aliphatic rings. The highest BCUT2D eigenvalue weighted by molar-refractivity contribution is 4.87. The third-order valence-corrected chi connectivity index (χ3v) is 2.28. The first-order valence-corrected chi connectivity index (χ1v) is 5.35. The molecular weight excluding hydrogens is 192 g/mol. The lowest BCUT2D eigenvalue weighted by Gasteiger charge is -2.10. The number of aryl methyl sites for hydroxylation is 3. The summed E-state index contributed by atoms with van der Waals surface area (Å²) in [4.78, 5) is 4.23. The fourth-order valence-corrected chi connectivity index (χ4v) is 1.41. The Bertz CT molecular complexity index is 298. The summed E-state index contributed by atoms with van der Waals surface area (Å²) >= 11 is 0. The zero-order valence-electron chi connectivity index (χ0n) is 9.69. The molecule has 1 aromatic rings.